The number of carbonyl (C=O) groups is 2. The third-order valence-corrected chi connectivity index (χ3v) is 6.12. The smallest absolute Gasteiger partial charge is 0.261 e. The summed E-state index contributed by atoms with van der Waals surface area (Å²) in [6.07, 6.45) is 4.89. The molecule has 1 unspecified atom stereocenters. The molecule has 32 heavy (non-hydrogen) atoms. The van der Waals surface area contributed by atoms with Crippen molar-refractivity contribution in [2.24, 2.45) is 0 Å². The molecule has 2 aromatic rings. The Labute approximate surface area is 192 Å². The third-order valence-electron chi connectivity index (χ3n) is 6.12. The van der Waals surface area contributed by atoms with Gasteiger partial charge >= 0.3 is 0 Å². The number of ether oxygens (including phenoxy) is 1. The molecule has 1 fully saturated rings. The fourth-order valence-electron chi connectivity index (χ4n) is 4.42. The maximum Gasteiger partial charge on any atom is 0.261 e. The van der Waals surface area contributed by atoms with Crippen molar-refractivity contribution in [2.75, 3.05) is 6.61 Å². The Morgan fingerprint density at radius 2 is 1.62 bits per heavy atom. The van der Waals surface area contributed by atoms with E-state index in [-0.39, 0.29) is 24.5 Å². The van der Waals surface area contributed by atoms with Crippen LogP contribution in [0.2, 0.25) is 0 Å². The maximum absolute atomic E-state index is 13.3. The molecule has 1 aliphatic rings. The second-order valence-electron chi connectivity index (χ2n) is 9.03. The van der Waals surface area contributed by atoms with Gasteiger partial charge in [-0.3, -0.25) is 9.59 Å². The predicted octanol–water partition coefficient (Wildman–Crippen LogP) is 4.86. The molecule has 172 valence electrons. The van der Waals surface area contributed by atoms with Gasteiger partial charge in [-0.1, -0.05) is 55.7 Å². The van der Waals surface area contributed by atoms with E-state index in [9.17, 15) is 9.59 Å². The summed E-state index contributed by atoms with van der Waals surface area (Å²) in [5, 5.41) is 3.18. The van der Waals surface area contributed by atoms with Crippen LogP contribution in [0.3, 0.4) is 0 Å². The van der Waals surface area contributed by atoms with Crippen LogP contribution in [0.15, 0.2) is 42.5 Å². The van der Waals surface area contributed by atoms with E-state index in [0.29, 0.717) is 18.7 Å². The summed E-state index contributed by atoms with van der Waals surface area (Å²) in [7, 11) is 0. The lowest BCUT2D eigenvalue weighted by Gasteiger charge is -2.31. The minimum absolute atomic E-state index is 0.0636. The molecule has 1 N–H and O–H groups in total. The average Bonchev–Trinajstić information content (AvgIpc) is 3.25. The second-order valence-corrected chi connectivity index (χ2v) is 9.03. The molecule has 5 nitrogen and oxygen atoms in total. The largest absolute Gasteiger partial charge is 0.484 e. The summed E-state index contributed by atoms with van der Waals surface area (Å²) >= 11 is 0. The first-order valence-corrected chi connectivity index (χ1v) is 11.7. The van der Waals surface area contributed by atoms with E-state index in [1.807, 2.05) is 64.1 Å². The third kappa shape index (κ3) is 6.59. The highest BCUT2D eigenvalue weighted by molar-refractivity contribution is 5.88. The Morgan fingerprint density at radius 1 is 1.00 bits per heavy atom. The monoisotopic (exact) mass is 436 g/mol. The molecule has 0 aliphatic heterocycles. The molecular weight excluding hydrogens is 400 g/mol. The molecule has 3 rings (SSSR count). The van der Waals surface area contributed by atoms with Gasteiger partial charge in [0.1, 0.15) is 11.8 Å². The molecule has 2 amide bonds. The first kappa shape index (κ1) is 23.8. The van der Waals surface area contributed by atoms with Crippen LogP contribution in [-0.2, 0) is 16.1 Å². The summed E-state index contributed by atoms with van der Waals surface area (Å²) < 4.78 is 5.85. The SMILES string of the molecule is CCC(C(=O)NC1CCCC1)N(Cc1ccc(C)cc1)C(=O)COc1cc(C)cc(C)c1. The lowest BCUT2D eigenvalue weighted by Crippen LogP contribution is -2.52. The number of hydrogen-bond donors (Lipinski definition) is 1. The number of rotatable bonds is 9. The molecule has 0 radical (unpaired) electrons. The molecule has 1 atom stereocenters. The van der Waals surface area contributed by atoms with E-state index in [1.165, 1.54) is 0 Å². The molecule has 5 heteroatoms. The van der Waals surface area contributed by atoms with Crippen LogP contribution in [0.1, 0.15) is 61.3 Å². The molecule has 0 bridgehead atoms. The topological polar surface area (TPSA) is 58.6 Å². The standard InChI is InChI=1S/C27H36N2O3/c1-5-25(27(31)28-23-8-6-7-9-23)29(17-22-12-10-19(2)11-13-22)26(30)18-32-24-15-20(3)14-21(4)16-24/h10-16,23,25H,5-9,17-18H2,1-4H3,(H,28,31). The minimum atomic E-state index is -0.521. The maximum atomic E-state index is 13.3. The number of amides is 2. The van der Waals surface area contributed by atoms with Crippen molar-refractivity contribution in [3.63, 3.8) is 0 Å². The summed E-state index contributed by atoms with van der Waals surface area (Å²) in [6, 6.07) is 13.7. The first-order valence-electron chi connectivity index (χ1n) is 11.7. The van der Waals surface area contributed by atoms with E-state index in [1.54, 1.807) is 4.90 Å². The zero-order valence-electron chi connectivity index (χ0n) is 19.8. The van der Waals surface area contributed by atoms with Crippen LogP contribution in [0.5, 0.6) is 5.75 Å². The second kappa shape index (κ2) is 11.2. The molecule has 1 aliphatic carbocycles. The van der Waals surface area contributed by atoms with Gasteiger partial charge in [0.05, 0.1) is 0 Å². The summed E-state index contributed by atoms with van der Waals surface area (Å²) in [5.41, 5.74) is 4.34. The van der Waals surface area contributed by atoms with Crippen molar-refractivity contribution >= 4 is 11.8 Å². The highest BCUT2D eigenvalue weighted by atomic mass is 16.5. The van der Waals surface area contributed by atoms with Crippen LogP contribution in [0, 0.1) is 20.8 Å². The highest BCUT2D eigenvalue weighted by Gasteiger charge is 2.30. The van der Waals surface area contributed by atoms with Crippen LogP contribution in [0.4, 0.5) is 0 Å². The Hall–Kier alpha value is -2.82. The quantitative estimate of drug-likeness (QED) is 0.611. The van der Waals surface area contributed by atoms with E-state index in [2.05, 4.69) is 11.4 Å². The number of benzene rings is 2. The number of aryl methyl sites for hydroxylation is 3. The number of hydrogen-bond acceptors (Lipinski definition) is 3. The van der Waals surface area contributed by atoms with Gasteiger partial charge in [0.25, 0.3) is 5.91 Å². The highest BCUT2D eigenvalue weighted by Crippen LogP contribution is 2.20. The van der Waals surface area contributed by atoms with Gasteiger partial charge in [0.15, 0.2) is 6.61 Å². The molecule has 0 heterocycles. The fraction of sp³-hybridized carbons (Fsp3) is 0.481. The lowest BCUT2D eigenvalue weighted by molar-refractivity contribution is -0.143. The normalized spacial score (nSPS) is 14.8. The summed E-state index contributed by atoms with van der Waals surface area (Å²) in [4.78, 5) is 28.1. The van der Waals surface area contributed by atoms with Crippen LogP contribution in [0.25, 0.3) is 0 Å². The Morgan fingerprint density at radius 3 is 2.22 bits per heavy atom. The molecule has 0 aromatic heterocycles. The van der Waals surface area contributed by atoms with E-state index >= 15 is 0 Å². The van der Waals surface area contributed by atoms with Crippen LogP contribution < -0.4 is 10.1 Å². The molecule has 2 aromatic carbocycles. The number of carbonyl (C=O) groups excluding carboxylic acids is 2. The van der Waals surface area contributed by atoms with E-state index in [4.69, 9.17) is 4.74 Å². The fourth-order valence-corrected chi connectivity index (χ4v) is 4.42. The zero-order valence-corrected chi connectivity index (χ0v) is 19.8. The van der Waals surface area contributed by atoms with Crippen molar-refractivity contribution in [3.05, 3.63) is 64.7 Å². The van der Waals surface area contributed by atoms with Gasteiger partial charge in [-0.15, -0.1) is 0 Å². The van der Waals surface area contributed by atoms with Crippen molar-refractivity contribution < 1.29 is 14.3 Å². The van der Waals surface area contributed by atoms with Crippen molar-refractivity contribution in [1.82, 2.24) is 10.2 Å². The van der Waals surface area contributed by atoms with E-state index < -0.39 is 6.04 Å². The van der Waals surface area contributed by atoms with Crippen molar-refractivity contribution in [2.45, 2.75) is 78.4 Å². The molecule has 0 saturated heterocycles. The van der Waals surface area contributed by atoms with Crippen LogP contribution in [-0.4, -0.2) is 35.4 Å². The van der Waals surface area contributed by atoms with Gasteiger partial charge in [0.2, 0.25) is 5.91 Å². The van der Waals surface area contributed by atoms with Gasteiger partial charge < -0.3 is 15.0 Å². The Bertz CT molecular complexity index is 897. The van der Waals surface area contributed by atoms with Gasteiger partial charge in [0, 0.05) is 12.6 Å². The van der Waals surface area contributed by atoms with Gasteiger partial charge in [-0.05, 0) is 68.9 Å². The predicted molar refractivity (Wildman–Crippen MR) is 128 cm³/mol. The van der Waals surface area contributed by atoms with Crippen LogP contribution >= 0.6 is 0 Å². The zero-order chi connectivity index (χ0) is 23.1. The number of nitrogens with zero attached hydrogens (tertiary/aromatic N) is 1. The average molecular weight is 437 g/mol. The van der Waals surface area contributed by atoms with Crippen molar-refractivity contribution in [3.8, 4) is 5.75 Å². The minimum Gasteiger partial charge on any atom is -0.484 e. The Balaban J connectivity index is 1.76. The van der Waals surface area contributed by atoms with Crippen molar-refractivity contribution in [1.29, 1.82) is 0 Å². The van der Waals surface area contributed by atoms with E-state index in [0.717, 1.165) is 47.9 Å². The lowest BCUT2D eigenvalue weighted by atomic mass is 10.1. The molecule has 0 spiro atoms. The van der Waals surface area contributed by atoms with Gasteiger partial charge in [-0.2, -0.15) is 0 Å². The molecular formula is C27H36N2O3. The number of nitrogens with one attached hydrogen (secondary N) is 1. The Kier molecular flexibility index (Phi) is 8.32. The van der Waals surface area contributed by atoms with Gasteiger partial charge in [-0.25, -0.2) is 0 Å². The summed E-state index contributed by atoms with van der Waals surface area (Å²) in [6.45, 7) is 8.29. The summed E-state index contributed by atoms with van der Waals surface area (Å²) in [5.74, 6) is 0.430. The molecule has 1 saturated carbocycles. The first-order chi connectivity index (χ1) is 15.4.